The number of anilines is 1. The van der Waals surface area contributed by atoms with Crippen molar-refractivity contribution in [1.82, 2.24) is 18.9 Å². The summed E-state index contributed by atoms with van der Waals surface area (Å²) in [4.78, 5) is 17.4. The van der Waals surface area contributed by atoms with Crippen LogP contribution < -0.4 is 10.6 Å². The van der Waals surface area contributed by atoms with Crippen LogP contribution in [0.4, 0.5) is 27.6 Å². The number of amides is 1. The van der Waals surface area contributed by atoms with Crippen LogP contribution in [0.15, 0.2) is 60.5 Å². The minimum Gasteiger partial charge on any atom is -0.324 e. The molecule has 1 aromatic heterocycles. The van der Waals surface area contributed by atoms with Gasteiger partial charge in [0.05, 0.1) is 18.1 Å². The van der Waals surface area contributed by atoms with Crippen LogP contribution in [-0.4, -0.2) is 72.9 Å². The van der Waals surface area contributed by atoms with E-state index in [1.807, 2.05) is 0 Å². The maximum absolute atomic E-state index is 15.1. The Morgan fingerprint density at radius 1 is 1.17 bits per heavy atom. The molecule has 1 aromatic carbocycles. The molecule has 8 nitrogen and oxygen atoms in total. The Balaban J connectivity index is 0.00000270. The fourth-order valence-electron chi connectivity index (χ4n) is 7.66. The summed E-state index contributed by atoms with van der Waals surface area (Å²) in [6, 6.07) is 5.16. The molecule has 6 atom stereocenters. The molecule has 2 aliphatic carbocycles. The summed E-state index contributed by atoms with van der Waals surface area (Å²) in [7, 11) is -3.86. The second-order valence-electron chi connectivity index (χ2n) is 13.1. The highest BCUT2D eigenvalue weighted by molar-refractivity contribution is 7.86. The number of benzene rings is 1. The van der Waals surface area contributed by atoms with Gasteiger partial charge in [0.1, 0.15) is 29.5 Å². The topological polar surface area (TPSA) is 94.6 Å². The zero-order valence-electron chi connectivity index (χ0n) is 25.9. The van der Waals surface area contributed by atoms with Gasteiger partial charge in [-0.15, -0.1) is 0 Å². The SMILES string of the molecule is CC1([C@@H](CC(=O)Nc2cncc(F)c2CCC[C@H]2CNCCN2S(=O)(=O)N2CC[C@H](F)C2)c2ccc(F)cc2)C2C=C(F)C=C(F)C21.[HH].[HH]. The van der Waals surface area contributed by atoms with Gasteiger partial charge >= 0.3 is 0 Å². The van der Waals surface area contributed by atoms with Crippen molar-refractivity contribution in [3.8, 4) is 0 Å². The Hall–Kier alpha value is -3.20. The van der Waals surface area contributed by atoms with Crippen LogP contribution in [0, 0.1) is 28.9 Å². The van der Waals surface area contributed by atoms with Gasteiger partial charge in [-0.2, -0.15) is 17.0 Å². The lowest BCUT2D eigenvalue weighted by Gasteiger charge is -2.37. The van der Waals surface area contributed by atoms with Gasteiger partial charge in [-0.05, 0) is 66.7 Å². The van der Waals surface area contributed by atoms with Gasteiger partial charge in [-0.3, -0.25) is 9.78 Å². The fraction of sp³-hybridized carbons (Fsp3) is 0.515. The van der Waals surface area contributed by atoms with Gasteiger partial charge < -0.3 is 10.6 Å². The molecular weight excluding hydrogens is 641 g/mol. The third-order valence-corrected chi connectivity index (χ3v) is 12.3. The molecule has 4 aliphatic rings. The third kappa shape index (κ3) is 6.74. The van der Waals surface area contributed by atoms with Crippen LogP contribution in [0.2, 0.25) is 0 Å². The van der Waals surface area contributed by atoms with E-state index in [2.05, 4.69) is 15.6 Å². The van der Waals surface area contributed by atoms with E-state index in [0.717, 1.165) is 12.3 Å². The predicted molar refractivity (Wildman–Crippen MR) is 171 cm³/mol. The van der Waals surface area contributed by atoms with Gasteiger partial charge in [0.25, 0.3) is 10.2 Å². The number of rotatable bonds is 11. The number of hydrogen-bond donors (Lipinski definition) is 2. The van der Waals surface area contributed by atoms with Gasteiger partial charge in [0.15, 0.2) is 0 Å². The summed E-state index contributed by atoms with van der Waals surface area (Å²) < 4.78 is 101. The van der Waals surface area contributed by atoms with E-state index in [4.69, 9.17) is 0 Å². The highest BCUT2D eigenvalue weighted by atomic mass is 32.2. The lowest BCUT2D eigenvalue weighted by atomic mass is 9.79. The lowest BCUT2D eigenvalue weighted by Crippen LogP contribution is -2.57. The summed E-state index contributed by atoms with van der Waals surface area (Å²) in [6.45, 7) is 2.85. The largest absolute Gasteiger partial charge is 0.324 e. The number of nitrogens with zero attached hydrogens (tertiary/aromatic N) is 3. The molecule has 0 spiro atoms. The molecule has 3 unspecified atom stereocenters. The molecule has 0 radical (unpaired) electrons. The molecule has 2 N–H and O–H groups in total. The van der Waals surface area contributed by atoms with E-state index in [9.17, 15) is 30.8 Å². The van der Waals surface area contributed by atoms with Crippen molar-refractivity contribution in [2.45, 2.75) is 57.2 Å². The highest BCUT2D eigenvalue weighted by Crippen LogP contribution is 2.71. The van der Waals surface area contributed by atoms with E-state index in [0.29, 0.717) is 31.5 Å². The summed E-state index contributed by atoms with van der Waals surface area (Å²) in [5.41, 5.74) is 0.0947. The van der Waals surface area contributed by atoms with Crippen LogP contribution in [0.1, 0.15) is 52.5 Å². The number of fused-ring (bicyclic) bond motifs is 1. The van der Waals surface area contributed by atoms with Crippen molar-refractivity contribution in [3.63, 3.8) is 0 Å². The van der Waals surface area contributed by atoms with Gasteiger partial charge in [0, 0.05) is 65.6 Å². The van der Waals surface area contributed by atoms with Crippen molar-refractivity contribution in [3.05, 3.63) is 83.2 Å². The number of halogens is 5. The van der Waals surface area contributed by atoms with Crippen LogP contribution in [0.25, 0.3) is 0 Å². The monoisotopic (exact) mass is 683 g/mol. The molecule has 258 valence electrons. The molecule has 2 saturated heterocycles. The molecule has 0 bridgehead atoms. The zero-order valence-corrected chi connectivity index (χ0v) is 26.8. The van der Waals surface area contributed by atoms with Crippen molar-refractivity contribution < 1.29 is 38.0 Å². The Labute approximate surface area is 274 Å². The number of aromatic nitrogens is 1. The number of piperazine rings is 1. The normalized spacial score (nSPS) is 28.7. The number of hydrogen-bond acceptors (Lipinski definition) is 5. The van der Waals surface area contributed by atoms with E-state index >= 15 is 4.39 Å². The molecule has 3 fully saturated rings. The second kappa shape index (κ2) is 13.4. The average Bonchev–Trinajstić information content (AvgIpc) is 3.37. The van der Waals surface area contributed by atoms with Crippen molar-refractivity contribution in [2.75, 3.05) is 38.0 Å². The molecule has 2 aliphatic heterocycles. The Bertz CT molecular complexity index is 1680. The maximum Gasteiger partial charge on any atom is 0.282 e. The Morgan fingerprint density at radius 3 is 2.66 bits per heavy atom. The standard InChI is InChI=1S/C33H38F5N5O3S.2H2/c1-33(27-13-23(36)14-28(37)32(27)33)26(20-5-7-21(34)8-6-20)15-31(44)41-30-18-40-17-29(38)25(30)4-2-3-24-16-39-10-12-43(24)47(45,46)42-11-9-22(35)19-42;;/h5-8,13-14,17-18,22,24,26-27,32,39H,2-4,9-12,15-16,19H2,1H3,(H,41,44);2*1H/t22-,24-,26-,27?,32?,33?;;/m0../s1. The minimum atomic E-state index is -3.86. The molecular formula is C33H42F5N5O3S. The van der Waals surface area contributed by atoms with Crippen LogP contribution >= 0.6 is 0 Å². The first-order valence-electron chi connectivity index (χ1n) is 15.9. The van der Waals surface area contributed by atoms with Crippen LogP contribution in [0.3, 0.4) is 0 Å². The Morgan fingerprint density at radius 2 is 1.94 bits per heavy atom. The van der Waals surface area contributed by atoms with Crippen LogP contribution in [-0.2, 0) is 21.4 Å². The van der Waals surface area contributed by atoms with E-state index in [1.165, 1.54) is 45.1 Å². The quantitative estimate of drug-likeness (QED) is 0.291. The molecule has 14 heteroatoms. The van der Waals surface area contributed by atoms with E-state index < -0.39 is 74.8 Å². The number of pyridine rings is 1. The first-order valence-corrected chi connectivity index (χ1v) is 17.3. The molecule has 6 rings (SSSR count). The molecule has 1 amide bonds. The molecule has 1 saturated carbocycles. The summed E-state index contributed by atoms with van der Waals surface area (Å²) in [5.74, 6) is -4.62. The summed E-state index contributed by atoms with van der Waals surface area (Å²) in [5, 5.41) is 5.95. The summed E-state index contributed by atoms with van der Waals surface area (Å²) in [6.07, 6.45) is 4.35. The number of allylic oxidation sites excluding steroid dienone is 4. The molecule has 3 heterocycles. The molecule has 47 heavy (non-hydrogen) atoms. The third-order valence-electron chi connectivity index (χ3n) is 10.2. The maximum atomic E-state index is 15.1. The summed E-state index contributed by atoms with van der Waals surface area (Å²) >= 11 is 0. The first-order chi connectivity index (χ1) is 22.4. The van der Waals surface area contributed by atoms with Gasteiger partial charge in [0.2, 0.25) is 5.91 Å². The first kappa shape index (κ1) is 33.7. The number of nitrogens with one attached hydrogen (secondary N) is 2. The fourth-order valence-corrected chi connectivity index (χ4v) is 9.52. The van der Waals surface area contributed by atoms with Gasteiger partial charge in [-0.25, -0.2) is 22.0 Å². The second-order valence-corrected chi connectivity index (χ2v) is 14.9. The lowest BCUT2D eigenvalue weighted by molar-refractivity contribution is -0.117. The zero-order chi connectivity index (χ0) is 33.5. The van der Waals surface area contributed by atoms with Crippen molar-refractivity contribution in [2.24, 2.45) is 17.3 Å². The predicted octanol–water partition coefficient (Wildman–Crippen LogP) is 5.82. The van der Waals surface area contributed by atoms with Crippen LogP contribution in [0.5, 0.6) is 0 Å². The Kier molecular flexibility index (Phi) is 9.58. The number of alkyl halides is 1. The highest BCUT2D eigenvalue weighted by Gasteiger charge is 2.67. The smallest absolute Gasteiger partial charge is 0.282 e. The minimum absolute atomic E-state index is 0. The van der Waals surface area contributed by atoms with Crippen molar-refractivity contribution in [1.29, 1.82) is 0 Å². The molecule has 2 aromatic rings. The van der Waals surface area contributed by atoms with E-state index in [-0.39, 0.29) is 53.0 Å². The number of carbonyl (C=O) groups is 1. The van der Waals surface area contributed by atoms with E-state index in [1.54, 1.807) is 6.92 Å². The number of carbonyl (C=O) groups excluding carboxylic acids is 1. The van der Waals surface area contributed by atoms with Gasteiger partial charge in [-0.1, -0.05) is 19.1 Å². The van der Waals surface area contributed by atoms with Crippen molar-refractivity contribution >= 4 is 21.8 Å². The average molecular weight is 684 g/mol.